The molecule has 2 aromatic carbocycles. The Morgan fingerprint density at radius 1 is 1.05 bits per heavy atom. The summed E-state index contributed by atoms with van der Waals surface area (Å²) >= 11 is 0. The number of benzene rings is 2. The van der Waals surface area contributed by atoms with Gasteiger partial charge >= 0.3 is 0 Å². The predicted octanol–water partition coefficient (Wildman–Crippen LogP) is 4.31. The van der Waals surface area contributed by atoms with E-state index in [1.165, 1.54) is 16.7 Å². The first-order valence-electron chi connectivity index (χ1n) is 7.79. The van der Waals surface area contributed by atoms with Crippen LogP contribution in [0.25, 0.3) is 0 Å². The molecular formula is C19H24N2O. The van der Waals surface area contributed by atoms with Gasteiger partial charge < -0.3 is 10.6 Å². The summed E-state index contributed by atoms with van der Waals surface area (Å²) in [5, 5.41) is 6.33. The van der Waals surface area contributed by atoms with Crippen LogP contribution in [0, 0.1) is 13.8 Å². The summed E-state index contributed by atoms with van der Waals surface area (Å²) in [6, 6.07) is 14.2. The Hall–Kier alpha value is -2.29. The van der Waals surface area contributed by atoms with Crippen LogP contribution in [0.2, 0.25) is 0 Å². The van der Waals surface area contributed by atoms with E-state index in [9.17, 15) is 4.79 Å². The molecule has 2 N–H and O–H groups in total. The lowest BCUT2D eigenvalue weighted by Crippen LogP contribution is -2.17. The monoisotopic (exact) mass is 296 g/mol. The molecule has 2 rings (SSSR count). The molecule has 0 radical (unpaired) electrons. The SMILES string of the molecule is CCc1ccccc1NC(=O)CCNc1cc(C)ccc1C. The Kier molecular flexibility index (Phi) is 5.59. The largest absolute Gasteiger partial charge is 0.384 e. The molecule has 3 heteroatoms. The molecule has 22 heavy (non-hydrogen) atoms. The molecule has 1 amide bonds. The molecule has 0 fully saturated rings. The predicted molar refractivity (Wildman–Crippen MR) is 93.5 cm³/mol. The fourth-order valence-corrected chi connectivity index (χ4v) is 2.40. The number of carbonyl (C=O) groups is 1. The fraction of sp³-hybridized carbons (Fsp3) is 0.316. The van der Waals surface area contributed by atoms with Crippen LogP contribution in [0.4, 0.5) is 11.4 Å². The second-order valence-corrected chi connectivity index (χ2v) is 5.55. The van der Waals surface area contributed by atoms with Crippen molar-refractivity contribution in [1.29, 1.82) is 0 Å². The summed E-state index contributed by atoms with van der Waals surface area (Å²) in [7, 11) is 0. The zero-order valence-electron chi connectivity index (χ0n) is 13.6. The second kappa shape index (κ2) is 7.64. The number of nitrogens with one attached hydrogen (secondary N) is 2. The van der Waals surface area contributed by atoms with Gasteiger partial charge in [0.25, 0.3) is 0 Å². The highest BCUT2D eigenvalue weighted by Crippen LogP contribution is 2.17. The van der Waals surface area contributed by atoms with E-state index >= 15 is 0 Å². The Labute approximate surface area is 132 Å². The number of hydrogen-bond acceptors (Lipinski definition) is 2. The van der Waals surface area contributed by atoms with Crippen LogP contribution in [-0.4, -0.2) is 12.5 Å². The Bertz CT molecular complexity index is 650. The van der Waals surface area contributed by atoms with E-state index in [4.69, 9.17) is 0 Å². The van der Waals surface area contributed by atoms with Gasteiger partial charge in [0.15, 0.2) is 0 Å². The van der Waals surface area contributed by atoms with Crippen LogP contribution in [-0.2, 0) is 11.2 Å². The van der Waals surface area contributed by atoms with E-state index in [1.54, 1.807) is 0 Å². The number of amides is 1. The number of carbonyl (C=O) groups excluding carboxylic acids is 1. The zero-order valence-corrected chi connectivity index (χ0v) is 13.6. The van der Waals surface area contributed by atoms with Crippen molar-refractivity contribution in [2.45, 2.75) is 33.6 Å². The first kappa shape index (κ1) is 16.1. The molecule has 0 unspecified atom stereocenters. The van der Waals surface area contributed by atoms with Crippen LogP contribution in [0.15, 0.2) is 42.5 Å². The maximum absolute atomic E-state index is 12.1. The third kappa shape index (κ3) is 4.35. The van der Waals surface area contributed by atoms with Crippen molar-refractivity contribution in [1.82, 2.24) is 0 Å². The molecule has 0 heterocycles. The van der Waals surface area contributed by atoms with Crippen molar-refractivity contribution in [3.63, 3.8) is 0 Å². The maximum Gasteiger partial charge on any atom is 0.226 e. The van der Waals surface area contributed by atoms with Crippen LogP contribution >= 0.6 is 0 Å². The van der Waals surface area contributed by atoms with E-state index < -0.39 is 0 Å². The molecule has 0 aliphatic carbocycles. The van der Waals surface area contributed by atoms with E-state index in [1.807, 2.05) is 24.3 Å². The van der Waals surface area contributed by atoms with E-state index in [-0.39, 0.29) is 5.91 Å². The summed E-state index contributed by atoms with van der Waals surface area (Å²) in [5.41, 5.74) is 5.60. The second-order valence-electron chi connectivity index (χ2n) is 5.55. The van der Waals surface area contributed by atoms with Gasteiger partial charge in [-0.05, 0) is 49.1 Å². The van der Waals surface area contributed by atoms with Crippen molar-refractivity contribution in [3.05, 3.63) is 59.2 Å². The van der Waals surface area contributed by atoms with Crippen LogP contribution in [0.3, 0.4) is 0 Å². The van der Waals surface area contributed by atoms with Gasteiger partial charge in [-0.2, -0.15) is 0 Å². The molecule has 0 aliphatic heterocycles. The molecule has 0 aromatic heterocycles. The van der Waals surface area contributed by atoms with Crippen molar-refractivity contribution in [2.75, 3.05) is 17.2 Å². The lowest BCUT2D eigenvalue weighted by molar-refractivity contribution is -0.115. The third-order valence-electron chi connectivity index (χ3n) is 3.73. The number of rotatable bonds is 6. The molecule has 3 nitrogen and oxygen atoms in total. The molecule has 0 atom stereocenters. The maximum atomic E-state index is 12.1. The first-order valence-corrected chi connectivity index (χ1v) is 7.79. The quantitative estimate of drug-likeness (QED) is 0.834. The number of para-hydroxylation sites is 1. The summed E-state index contributed by atoms with van der Waals surface area (Å²) in [6.45, 7) is 6.86. The van der Waals surface area contributed by atoms with Crippen LogP contribution in [0.1, 0.15) is 30.0 Å². The highest BCUT2D eigenvalue weighted by molar-refractivity contribution is 5.91. The van der Waals surface area contributed by atoms with Crippen molar-refractivity contribution in [2.24, 2.45) is 0 Å². The minimum absolute atomic E-state index is 0.0405. The van der Waals surface area contributed by atoms with Gasteiger partial charge in [0.05, 0.1) is 0 Å². The van der Waals surface area contributed by atoms with E-state index in [0.29, 0.717) is 13.0 Å². The zero-order chi connectivity index (χ0) is 15.9. The van der Waals surface area contributed by atoms with E-state index in [2.05, 4.69) is 49.6 Å². The molecule has 0 aliphatic rings. The average Bonchev–Trinajstić information content (AvgIpc) is 2.51. The molecule has 0 saturated heterocycles. The van der Waals surface area contributed by atoms with E-state index in [0.717, 1.165) is 17.8 Å². The Balaban J connectivity index is 1.87. The normalized spacial score (nSPS) is 10.3. The van der Waals surface area contributed by atoms with Crippen LogP contribution < -0.4 is 10.6 Å². The van der Waals surface area contributed by atoms with Crippen LogP contribution in [0.5, 0.6) is 0 Å². The molecule has 0 spiro atoms. The Morgan fingerprint density at radius 2 is 1.82 bits per heavy atom. The molecule has 116 valence electrons. The molecule has 0 bridgehead atoms. The lowest BCUT2D eigenvalue weighted by Gasteiger charge is -2.12. The average molecular weight is 296 g/mol. The van der Waals surface area contributed by atoms with Gasteiger partial charge in [0.1, 0.15) is 0 Å². The number of anilines is 2. The summed E-state index contributed by atoms with van der Waals surface area (Å²) in [4.78, 5) is 12.1. The minimum atomic E-state index is 0.0405. The fourth-order valence-electron chi connectivity index (χ4n) is 2.40. The lowest BCUT2D eigenvalue weighted by atomic mass is 10.1. The molecule has 0 saturated carbocycles. The van der Waals surface area contributed by atoms with Gasteiger partial charge in [-0.1, -0.05) is 37.3 Å². The highest BCUT2D eigenvalue weighted by atomic mass is 16.1. The van der Waals surface area contributed by atoms with Gasteiger partial charge in [0, 0.05) is 24.3 Å². The minimum Gasteiger partial charge on any atom is -0.384 e. The summed E-state index contributed by atoms with van der Waals surface area (Å²) in [6.07, 6.45) is 1.36. The van der Waals surface area contributed by atoms with Gasteiger partial charge in [0.2, 0.25) is 5.91 Å². The van der Waals surface area contributed by atoms with Crippen molar-refractivity contribution in [3.8, 4) is 0 Å². The van der Waals surface area contributed by atoms with Crippen molar-refractivity contribution >= 4 is 17.3 Å². The first-order chi connectivity index (χ1) is 10.6. The summed E-state index contributed by atoms with van der Waals surface area (Å²) < 4.78 is 0. The third-order valence-corrected chi connectivity index (χ3v) is 3.73. The topological polar surface area (TPSA) is 41.1 Å². The summed E-state index contributed by atoms with van der Waals surface area (Å²) in [5.74, 6) is 0.0405. The Morgan fingerprint density at radius 3 is 2.59 bits per heavy atom. The van der Waals surface area contributed by atoms with Gasteiger partial charge in [-0.15, -0.1) is 0 Å². The van der Waals surface area contributed by atoms with Crippen molar-refractivity contribution < 1.29 is 4.79 Å². The smallest absolute Gasteiger partial charge is 0.226 e. The number of aryl methyl sites for hydroxylation is 3. The number of hydrogen-bond donors (Lipinski definition) is 2. The highest BCUT2D eigenvalue weighted by Gasteiger charge is 2.06. The van der Waals surface area contributed by atoms with Gasteiger partial charge in [-0.25, -0.2) is 0 Å². The molecular weight excluding hydrogens is 272 g/mol. The molecule has 2 aromatic rings. The van der Waals surface area contributed by atoms with Gasteiger partial charge in [-0.3, -0.25) is 4.79 Å². The standard InChI is InChI=1S/C19H24N2O/c1-4-16-7-5-6-8-17(16)21-19(22)11-12-20-18-13-14(2)9-10-15(18)3/h5-10,13,20H,4,11-12H2,1-3H3,(H,21,22).